The van der Waals surface area contributed by atoms with E-state index >= 15 is 0 Å². The Morgan fingerprint density at radius 2 is 2.24 bits per heavy atom. The molecule has 1 fully saturated rings. The number of fused-ring (bicyclic) bond motifs is 1. The number of benzene rings is 1. The number of aromatic nitrogens is 2. The first kappa shape index (κ1) is 10.3. The van der Waals surface area contributed by atoms with Gasteiger partial charge in [0.25, 0.3) is 5.91 Å². The molecule has 1 saturated carbocycles. The summed E-state index contributed by atoms with van der Waals surface area (Å²) in [5.74, 6) is 0.596. The number of para-hydroxylation sites is 1. The summed E-state index contributed by atoms with van der Waals surface area (Å²) in [6.07, 6.45) is 3.77. The molecule has 0 aliphatic heterocycles. The summed E-state index contributed by atoms with van der Waals surface area (Å²) in [5, 5.41) is 10.8. The van der Waals surface area contributed by atoms with Crippen LogP contribution < -0.4 is 5.32 Å². The molecule has 1 amide bonds. The lowest BCUT2D eigenvalue weighted by Gasteiger charge is -2.25. The van der Waals surface area contributed by atoms with E-state index in [1.54, 1.807) is 0 Å². The number of carbonyl (C=O) groups is 1. The Morgan fingerprint density at radius 1 is 1.41 bits per heavy atom. The molecule has 2 aromatic rings. The largest absolute Gasteiger partial charge is 0.350 e. The van der Waals surface area contributed by atoms with Crippen molar-refractivity contribution in [3.8, 4) is 0 Å². The topological polar surface area (TPSA) is 57.8 Å². The molecule has 1 aliphatic carbocycles. The highest BCUT2D eigenvalue weighted by Crippen LogP contribution is 2.25. The third kappa shape index (κ3) is 1.90. The van der Waals surface area contributed by atoms with Gasteiger partial charge in [0.05, 0.1) is 5.52 Å². The molecular weight excluding hydrogens is 214 g/mol. The molecule has 0 spiro atoms. The predicted octanol–water partition coefficient (Wildman–Crippen LogP) is 2.09. The Morgan fingerprint density at radius 3 is 3.00 bits per heavy atom. The number of hydrogen-bond acceptors (Lipinski definition) is 2. The van der Waals surface area contributed by atoms with E-state index in [0.717, 1.165) is 17.4 Å². The van der Waals surface area contributed by atoms with Gasteiger partial charge in [-0.3, -0.25) is 9.89 Å². The molecule has 17 heavy (non-hydrogen) atoms. The van der Waals surface area contributed by atoms with Crippen LogP contribution in [-0.2, 0) is 0 Å². The van der Waals surface area contributed by atoms with Crippen LogP contribution in [0.15, 0.2) is 24.3 Å². The molecule has 1 heterocycles. The van der Waals surface area contributed by atoms with Crippen molar-refractivity contribution in [3.63, 3.8) is 0 Å². The van der Waals surface area contributed by atoms with Gasteiger partial charge in [0, 0.05) is 11.9 Å². The normalized spacial score (nSPS) is 15.8. The number of hydrogen-bond donors (Lipinski definition) is 2. The second-order valence-electron chi connectivity index (χ2n) is 4.62. The molecular formula is C13H15N3O. The second-order valence-corrected chi connectivity index (χ2v) is 4.62. The van der Waals surface area contributed by atoms with Crippen LogP contribution in [0.5, 0.6) is 0 Å². The number of nitrogens with one attached hydrogen (secondary N) is 2. The lowest BCUT2D eigenvalue weighted by molar-refractivity contribution is 0.0935. The van der Waals surface area contributed by atoms with E-state index in [2.05, 4.69) is 15.5 Å². The molecule has 4 heteroatoms. The first-order valence-electron chi connectivity index (χ1n) is 6.06. The van der Waals surface area contributed by atoms with Gasteiger partial charge in [-0.25, -0.2) is 0 Å². The minimum Gasteiger partial charge on any atom is -0.350 e. The van der Waals surface area contributed by atoms with E-state index in [-0.39, 0.29) is 5.91 Å². The monoisotopic (exact) mass is 229 g/mol. The minimum atomic E-state index is -0.0747. The number of carbonyl (C=O) groups excluding carboxylic acids is 1. The van der Waals surface area contributed by atoms with Crippen molar-refractivity contribution in [1.82, 2.24) is 15.5 Å². The van der Waals surface area contributed by atoms with Crippen LogP contribution in [0.1, 0.15) is 29.8 Å². The van der Waals surface area contributed by atoms with Gasteiger partial charge in [-0.05, 0) is 24.8 Å². The van der Waals surface area contributed by atoms with Gasteiger partial charge in [-0.2, -0.15) is 5.10 Å². The standard InChI is InChI=1S/C13H15N3O/c17-13(14-8-9-4-3-5-9)12-10-6-1-2-7-11(10)15-16-12/h1-2,6-7,9H,3-5,8H2,(H,14,17)(H,15,16). The number of aromatic amines is 1. The number of H-pyrrole nitrogens is 1. The van der Waals surface area contributed by atoms with Gasteiger partial charge in [0.15, 0.2) is 5.69 Å². The lowest BCUT2D eigenvalue weighted by Crippen LogP contribution is -2.32. The van der Waals surface area contributed by atoms with Crippen LogP contribution in [0.4, 0.5) is 0 Å². The molecule has 0 atom stereocenters. The van der Waals surface area contributed by atoms with Crippen molar-refractivity contribution in [2.45, 2.75) is 19.3 Å². The van der Waals surface area contributed by atoms with Crippen LogP contribution in [0.2, 0.25) is 0 Å². The maximum Gasteiger partial charge on any atom is 0.272 e. The quantitative estimate of drug-likeness (QED) is 0.846. The van der Waals surface area contributed by atoms with E-state index in [9.17, 15) is 4.79 Å². The fourth-order valence-corrected chi connectivity index (χ4v) is 2.15. The summed E-state index contributed by atoms with van der Waals surface area (Å²) in [6.45, 7) is 0.778. The molecule has 1 aliphatic rings. The van der Waals surface area contributed by atoms with Gasteiger partial charge in [-0.1, -0.05) is 24.6 Å². The summed E-state index contributed by atoms with van der Waals surface area (Å²) >= 11 is 0. The Balaban J connectivity index is 1.75. The van der Waals surface area contributed by atoms with Crippen LogP contribution in [0.3, 0.4) is 0 Å². The van der Waals surface area contributed by atoms with Crippen molar-refractivity contribution in [3.05, 3.63) is 30.0 Å². The van der Waals surface area contributed by atoms with Crippen LogP contribution in [0, 0.1) is 5.92 Å². The van der Waals surface area contributed by atoms with E-state index in [1.807, 2.05) is 24.3 Å². The fourth-order valence-electron chi connectivity index (χ4n) is 2.15. The Bertz CT molecular complexity index is 542. The van der Waals surface area contributed by atoms with Crippen LogP contribution in [0.25, 0.3) is 10.9 Å². The summed E-state index contributed by atoms with van der Waals surface area (Å²) in [7, 11) is 0. The maximum absolute atomic E-state index is 12.0. The molecule has 0 unspecified atom stereocenters. The summed E-state index contributed by atoms with van der Waals surface area (Å²) in [6, 6.07) is 7.68. The van der Waals surface area contributed by atoms with Crippen LogP contribution in [-0.4, -0.2) is 22.6 Å². The summed E-state index contributed by atoms with van der Waals surface area (Å²) in [5.41, 5.74) is 1.40. The van der Waals surface area contributed by atoms with Gasteiger partial charge < -0.3 is 5.32 Å². The lowest BCUT2D eigenvalue weighted by atomic mass is 9.85. The third-order valence-electron chi connectivity index (χ3n) is 3.46. The number of nitrogens with zero attached hydrogens (tertiary/aromatic N) is 1. The van der Waals surface area contributed by atoms with Crippen molar-refractivity contribution < 1.29 is 4.79 Å². The van der Waals surface area contributed by atoms with Gasteiger partial charge >= 0.3 is 0 Å². The minimum absolute atomic E-state index is 0.0747. The molecule has 4 nitrogen and oxygen atoms in total. The average Bonchev–Trinajstić information content (AvgIpc) is 2.70. The molecule has 3 rings (SSSR count). The number of rotatable bonds is 3. The molecule has 0 saturated heterocycles. The van der Waals surface area contributed by atoms with E-state index < -0.39 is 0 Å². The molecule has 2 N–H and O–H groups in total. The van der Waals surface area contributed by atoms with Gasteiger partial charge in [0.2, 0.25) is 0 Å². The van der Waals surface area contributed by atoms with Crippen molar-refractivity contribution >= 4 is 16.8 Å². The highest BCUT2D eigenvalue weighted by atomic mass is 16.1. The Kier molecular flexibility index (Phi) is 2.55. The SMILES string of the molecule is O=C(NCC1CCC1)c1n[nH]c2ccccc12. The van der Waals surface area contributed by atoms with Crippen molar-refractivity contribution in [2.24, 2.45) is 5.92 Å². The molecule has 0 radical (unpaired) electrons. The molecule has 0 bridgehead atoms. The second kappa shape index (κ2) is 4.20. The first-order valence-corrected chi connectivity index (χ1v) is 6.06. The smallest absolute Gasteiger partial charge is 0.272 e. The molecule has 88 valence electrons. The Labute approximate surface area is 99.4 Å². The average molecular weight is 229 g/mol. The predicted molar refractivity (Wildman–Crippen MR) is 65.8 cm³/mol. The number of amides is 1. The zero-order valence-electron chi connectivity index (χ0n) is 9.57. The van der Waals surface area contributed by atoms with Gasteiger partial charge in [-0.15, -0.1) is 0 Å². The highest BCUT2D eigenvalue weighted by Gasteiger charge is 2.19. The van der Waals surface area contributed by atoms with E-state index in [4.69, 9.17) is 0 Å². The van der Waals surface area contributed by atoms with Crippen molar-refractivity contribution in [2.75, 3.05) is 6.54 Å². The summed E-state index contributed by atoms with van der Waals surface area (Å²) in [4.78, 5) is 12.0. The van der Waals surface area contributed by atoms with E-state index in [1.165, 1.54) is 19.3 Å². The maximum atomic E-state index is 12.0. The zero-order valence-corrected chi connectivity index (χ0v) is 9.57. The Hall–Kier alpha value is -1.84. The molecule has 1 aromatic carbocycles. The highest BCUT2D eigenvalue weighted by molar-refractivity contribution is 6.04. The van der Waals surface area contributed by atoms with E-state index in [0.29, 0.717) is 11.6 Å². The third-order valence-corrected chi connectivity index (χ3v) is 3.46. The van der Waals surface area contributed by atoms with Gasteiger partial charge in [0.1, 0.15) is 0 Å². The zero-order chi connectivity index (χ0) is 11.7. The summed E-state index contributed by atoms with van der Waals surface area (Å²) < 4.78 is 0. The van der Waals surface area contributed by atoms with Crippen LogP contribution >= 0.6 is 0 Å². The fraction of sp³-hybridized carbons (Fsp3) is 0.385. The molecule has 1 aromatic heterocycles. The van der Waals surface area contributed by atoms with Crippen molar-refractivity contribution in [1.29, 1.82) is 0 Å². The first-order chi connectivity index (χ1) is 8.34.